The van der Waals surface area contributed by atoms with E-state index in [4.69, 9.17) is 0 Å². The van der Waals surface area contributed by atoms with Gasteiger partial charge < -0.3 is 0 Å². The zero-order valence-corrected chi connectivity index (χ0v) is 10.9. The maximum absolute atomic E-state index is 12.8. The highest BCUT2D eigenvalue weighted by Gasteiger charge is 2.36. The molecule has 0 atom stereocenters. The highest BCUT2D eigenvalue weighted by atomic mass is 16.2. The average Bonchev–Trinajstić information content (AvgIpc) is 2.98. The molecule has 0 spiro atoms. The largest absolute Gasteiger partial charge is 0.379 e. The van der Waals surface area contributed by atoms with E-state index < -0.39 is 0 Å². The van der Waals surface area contributed by atoms with Crippen LogP contribution in [0.25, 0.3) is 0 Å². The number of hydrogen-bond donors (Lipinski definition) is 1. The summed E-state index contributed by atoms with van der Waals surface area (Å²) in [6, 6.07) is 19.0. The number of carbonyl (C=O) groups excluding carboxylic acids is 1. The first kappa shape index (κ1) is 12.4. The van der Waals surface area contributed by atoms with Gasteiger partial charge in [0.15, 0.2) is 0 Å². The second kappa shape index (κ2) is 5.15. The van der Waals surface area contributed by atoms with Crippen molar-refractivity contribution in [1.29, 1.82) is 0 Å². The van der Waals surface area contributed by atoms with Gasteiger partial charge in [0.25, 0.3) is 0 Å². The van der Waals surface area contributed by atoms with Crippen molar-refractivity contribution in [1.82, 2.24) is 0 Å². The Kier molecular flexibility index (Phi) is 3.19. The Balaban J connectivity index is 1.95. The van der Waals surface area contributed by atoms with Crippen LogP contribution in [0.5, 0.6) is 0 Å². The van der Waals surface area contributed by atoms with E-state index in [0.29, 0.717) is 5.56 Å². The van der Waals surface area contributed by atoms with Gasteiger partial charge in [0.05, 0.1) is 11.3 Å². The molecule has 0 aliphatic carbocycles. The van der Waals surface area contributed by atoms with Crippen molar-refractivity contribution in [3.05, 3.63) is 90.8 Å². The minimum Gasteiger partial charge on any atom is -0.222 e. The van der Waals surface area contributed by atoms with Crippen LogP contribution in [-0.2, 0) is 0 Å². The summed E-state index contributed by atoms with van der Waals surface area (Å²) in [5.74, 6) is -0.0144. The van der Waals surface area contributed by atoms with Crippen LogP contribution in [0.2, 0.25) is 0 Å². The lowest BCUT2D eigenvalue weighted by atomic mass is 10.2. The third-order valence-electron chi connectivity index (χ3n) is 3.20. The number of quaternary nitrogens is 1. The molecule has 3 heteroatoms. The zero-order valence-electron chi connectivity index (χ0n) is 10.9. The fourth-order valence-electron chi connectivity index (χ4n) is 2.20. The quantitative estimate of drug-likeness (QED) is 0.855. The summed E-state index contributed by atoms with van der Waals surface area (Å²) in [7, 11) is 0. The molecule has 2 aromatic carbocycles. The smallest absolute Gasteiger partial charge is 0.222 e. The van der Waals surface area contributed by atoms with Gasteiger partial charge in [-0.2, -0.15) is 0 Å². The van der Waals surface area contributed by atoms with E-state index in [0.717, 1.165) is 5.69 Å². The molecule has 0 saturated heterocycles. The highest BCUT2D eigenvalue weighted by molar-refractivity contribution is 5.90. The number of para-hydroxylation sites is 1. The first-order valence-corrected chi connectivity index (χ1v) is 6.49. The topological polar surface area (TPSA) is 29.1 Å². The Morgan fingerprint density at radius 2 is 1.35 bits per heavy atom. The van der Waals surface area contributed by atoms with Crippen LogP contribution < -0.4 is 5.43 Å². The predicted octanol–water partition coefficient (Wildman–Crippen LogP) is 3.71. The van der Waals surface area contributed by atoms with Crippen molar-refractivity contribution in [2.75, 3.05) is 5.43 Å². The Labute approximate surface area is 118 Å². The average molecular weight is 263 g/mol. The molecule has 0 unspecified atom stereocenters. The Hall–Kier alpha value is -2.65. The Morgan fingerprint density at radius 3 is 1.95 bits per heavy atom. The summed E-state index contributed by atoms with van der Waals surface area (Å²) in [5, 5.41) is 0. The molecule has 2 aromatic rings. The molecular weight excluding hydrogens is 248 g/mol. The molecule has 0 fully saturated rings. The second-order valence-corrected chi connectivity index (χ2v) is 4.61. The maximum atomic E-state index is 12.8. The van der Waals surface area contributed by atoms with Crippen LogP contribution in [0.1, 0.15) is 10.4 Å². The number of benzene rings is 2. The number of amides is 1. The maximum Gasteiger partial charge on any atom is 0.379 e. The van der Waals surface area contributed by atoms with Crippen LogP contribution >= 0.6 is 0 Å². The molecule has 1 amide bonds. The van der Waals surface area contributed by atoms with E-state index in [2.05, 4.69) is 5.43 Å². The van der Waals surface area contributed by atoms with Gasteiger partial charge in [0.1, 0.15) is 12.4 Å². The summed E-state index contributed by atoms with van der Waals surface area (Å²) in [5.41, 5.74) is 4.84. The van der Waals surface area contributed by atoms with Crippen LogP contribution in [-0.4, -0.2) is 10.5 Å². The van der Waals surface area contributed by atoms with Crippen LogP contribution in [0.15, 0.2) is 85.2 Å². The van der Waals surface area contributed by atoms with Gasteiger partial charge in [-0.25, -0.2) is 10.2 Å². The van der Waals surface area contributed by atoms with Gasteiger partial charge in [-0.1, -0.05) is 36.4 Å². The molecule has 0 radical (unpaired) electrons. The first-order valence-electron chi connectivity index (χ1n) is 6.49. The molecule has 1 heterocycles. The predicted molar refractivity (Wildman–Crippen MR) is 79.4 cm³/mol. The summed E-state index contributed by atoms with van der Waals surface area (Å²) >= 11 is 0. The number of hydrogen-bond acceptors (Lipinski definition) is 2. The summed E-state index contributed by atoms with van der Waals surface area (Å²) in [6.45, 7) is 0. The molecule has 1 N–H and O–H groups in total. The normalized spacial score (nSPS) is 15.2. The molecule has 0 saturated carbocycles. The third-order valence-corrected chi connectivity index (χ3v) is 3.20. The van der Waals surface area contributed by atoms with Gasteiger partial charge in [-0.15, -0.1) is 4.59 Å². The third kappa shape index (κ3) is 2.27. The van der Waals surface area contributed by atoms with E-state index >= 15 is 0 Å². The summed E-state index contributed by atoms with van der Waals surface area (Å²) in [4.78, 5) is 12.8. The van der Waals surface area contributed by atoms with Gasteiger partial charge in [0.2, 0.25) is 0 Å². The van der Waals surface area contributed by atoms with Crippen molar-refractivity contribution in [3.63, 3.8) is 0 Å². The van der Waals surface area contributed by atoms with Crippen LogP contribution in [0.3, 0.4) is 0 Å². The van der Waals surface area contributed by atoms with E-state index in [1.165, 1.54) is 0 Å². The minimum atomic E-state index is -0.0337. The standard InChI is InChI=1S/C17H15N2O/c20-17(15-9-3-1-4-10-15)19(13-7-8-14-19)18-16-11-5-2-6-12-16/h1-14,18H/q+1. The summed E-state index contributed by atoms with van der Waals surface area (Å²) < 4.78 is -0.0337. The molecule has 20 heavy (non-hydrogen) atoms. The SMILES string of the molecule is O=C(c1ccccc1)[N+]1(Nc2ccccc2)C=CC=C1. The molecular formula is C17H15N2O+. The van der Waals surface area contributed by atoms with Gasteiger partial charge in [0, 0.05) is 12.2 Å². The lowest BCUT2D eigenvalue weighted by molar-refractivity contribution is -0.713. The van der Waals surface area contributed by atoms with Crippen molar-refractivity contribution >= 4 is 11.6 Å². The molecule has 1 aliphatic rings. The summed E-state index contributed by atoms with van der Waals surface area (Å²) in [6.07, 6.45) is 7.41. The van der Waals surface area contributed by atoms with E-state index in [9.17, 15) is 4.79 Å². The number of allylic oxidation sites excluding steroid dienone is 2. The number of anilines is 1. The zero-order chi connectivity index (χ0) is 13.8. The van der Waals surface area contributed by atoms with E-state index in [1.807, 2.05) is 85.2 Å². The second-order valence-electron chi connectivity index (χ2n) is 4.61. The molecule has 3 rings (SSSR count). The molecule has 0 bridgehead atoms. The minimum absolute atomic E-state index is 0.0144. The number of nitrogens with one attached hydrogen (secondary N) is 1. The molecule has 0 aromatic heterocycles. The Bertz CT molecular complexity index is 648. The van der Waals surface area contributed by atoms with E-state index in [-0.39, 0.29) is 10.5 Å². The number of rotatable bonds is 3. The molecule has 3 nitrogen and oxygen atoms in total. The van der Waals surface area contributed by atoms with Crippen LogP contribution in [0.4, 0.5) is 5.69 Å². The van der Waals surface area contributed by atoms with Crippen molar-refractivity contribution < 1.29 is 9.39 Å². The monoisotopic (exact) mass is 263 g/mol. The molecule has 98 valence electrons. The van der Waals surface area contributed by atoms with Crippen molar-refractivity contribution in [2.45, 2.75) is 0 Å². The van der Waals surface area contributed by atoms with Gasteiger partial charge in [-0.3, -0.25) is 0 Å². The van der Waals surface area contributed by atoms with Gasteiger partial charge in [-0.05, 0) is 24.3 Å². The van der Waals surface area contributed by atoms with Crippen molar-refractivity contribution in [2.24, 2.45) is 0 Å². The number of carbonyl (C=O) groups is 1. The Morgan fingerprint density at radius 1 is 0.800 bits per heavy atom. The highest BCUT2D eigenvalue weighted by Crippen LogP contribution is 2.23. The van der Waals surface area contributed by atoms with E-state index in [1.54, 1.807) is 0 Å². The molecule has 1 aliphatic heterocycles. The number of nitrogens with zero attached hydrogens (tertiary/aromatic N) is 1. The van der Waals surface area contributed by atoms with Crippen molar-refractivity contribution in [3.8, 4) is 0 Å². The van der Waals surface area contributed by atoms with Gasteiger partial charge >= 0.3 is 5.91 Å². The first-order chi connectivity index (χ1) is 9.80. The lowest BCUT2D eigenvalue weighted by Crippen LogP contribution is -2.47. The fourth-order valence-corrected chi connectivity index (χ4v) is 2.20. The lowest BCUT2D eigenvalue weighted by Gasteiger charge is -2.26. The fraction of sp³-hybridized carbons (Fsp3) is 0. The van der Waals surface area contributed by atoms with Crippen LogP contribution in [0, 0.1) is 0 Å².